The molecule has 2 rings (SSSR count). The molecule has 1 unspecified atom stereocenters. The van der Waals surface area contributed by atoms with Crippen LogP contribution in [0.4, 0.5) is 0 Å². The predicted molar refractivity (Wildman–Crippen MR) is 80.6 cm³/mol. The molecule has 0 bridgehead atoms. The quantitative estimate of drug-likeness (QED) is 0.885. The Bertz CT molecular complexity index is 662. The molecule has 21 heavy (non-hydrogen) atoms. The molecule has 1 atom stereocenters. The molecule has 5 nitrogen and oxygen atoms in total. The minimum atomic E-state index is -0.311. The first-order valence-electron chi connectivity index (χ1n) is 6.83. The highest BCUT2D eigenvalue weighted by molar-refractivity contribution is 5.92. The number of nitrogens with one attached hydrogen (secondary N) is 2. The highest BCUT2D eigenvalue weighted by atomic mass is 16.5. The molecule has 0 spiro atoms. The fourth-order valence-electron chi connectivity index (χ4n) is 1.96. The molecule has 0 radical (unpaired) electrons. The van der Waals surface area contributed by atoms with Crippen molar-refractivity contribution >= 4 is 5.91 Å². The number of aromatic amines is 1. The average Bonchev–Trinajstić information content (AvgIpc) is 2.48. The van der Waals surface area contributed by atoms with Crippen molar-refractivity contribution in [1.29, 1.82) is 0 Å². The van der Waals surface area contributed by atoms with Gasteiger partial charge in [-0.25, -0.2) is 0 Å². The normalized spacial score (nSPS) is 11.7. The van der Waals surface area contributed by atoms with E-state index in [9.17, 15) is 9.59 Å². The highest BCUT2D eigenvalue weighted by Crippen LogP contribution is 2.17. The third kappa shape index (κ3) is 3.95. The molecule has 1 aromatic heterocycles. The van der Waals surface area contributed by atoms with E-state index in [1.807, 2.05) is 38.1 Å². The zero-order chi connectivity index (χ0) is 15.2. The summed E-state index contributed by atoms with van der Waals surface area (Å²) < 4.78 is 5.38. The van der Waals surface area contributed by atoms with Crippen LogP contribution in [0.5, 0.6) is 5.75 Å². The van der Waals surface area contributed by atoms with E-state index in [2.05, 4.69) is 10.3 Å². The molecule has 5 heteroatoms. The van der Waals surface area contributed by atoms with Gasteiger partial charge in [-0.15, -0.1) is 0 Å². The lowest BCUT2D eigenvalue weighted by Gasteiger charge is -2.14. The standard InChI is InChI=1S/C16H18N2O3/c1-3-21-13-9-7-12(8-10-13)11(2)17-16(20)14-5-4-6-15(19)18-14/h4-11H,3H2,1-2H3,(H,17,20)(H,18,19). The molecular formula is C16H18N2O3. The first kappa shape index (κ1) is 14.8. The fraction of sp³-hybridized carbons (Fsp3) is 0.250. The Hall–Kier alpha value is -2.56. The Balaban J connectivity index is 2.05. The van der Waals surface area contributed by atoms with Gasteiger partial charge in [0.05, 0.1) is 12.6 Å². The third-order valence-corrected chi connectivity index (χ3v) is 3.05. The predicted octanol–water partition coefficient (Wildman–Crippen LogP) is 2.26. The van der Waals surface area contributed by atoms with E-state index in [1.165, 1.54) is 6.07 Å². The fourth-order valence-corrected chi connectivity index (χ4v) is 1.96. The molecule has 2 aromatic rings. The summed E-state index contributed by atoms with van der Waals surface area (Å²) >= 11 is 0. The molecule has 2 N–H and O–H groups in total. The van der Waals surface area contributed by atoms with Crippen molar-refractivity contribution in [1.82, 2.24) is 10.3 Å². The summed E-state index contributed by atoms with van der Waals surface area (Å²) in [7, 11) is 0. The molecule has 0 aliphatic carbocycles. The van der Waals surface area contributed by atoms with Gasteiger partial charge in [-0.1, -0.05) is 18.2 Å². The van der Waals surface area contributed by atoms with Crippen molar-refractivity contribution < 1.29 is 9.53 Å². The van der Waals surface area contributed by atoms with E-state index in [-0.39, 0.29) is 23.2 Å². The monoisotopic (exact) mass is 286 g/mol. The molecule has 1 amide bonds. The maximum atomic E-state index is 12.0. The number of rotatable bonds is 5. The molecule has 0 saturated carbocycles. The van der Waals surface area contributed by atoms with E-state index < -0.39 is 0 Å². The second-order valence-electron chi connectivity index (χ2n) is 4.63. The van der Waals surface area contributed by atoms with Gasteiger partial charge in [0.2, 0.25) is 5.56 Å². The van der Waals surface area contributed by atoms with Crippen LogP contribution in [-0.4, -0.2) is 17.5 Å². The van der Waals surface area contributed by atoms with Crippen molar-refractivity contribution in [3.05, 3.63) is 64.1 Å². The smallest absolute Gasteiger partial charge is 0.268 e. The van der Waals surface area contributed by atoms with Crippen LogP contribution in [0.1, 0.15) is 35.9 Å². The number of benzene rings is 1. The summed E-state index contributed by atoms with van der Waals surface area (Å²) in [5.74, 6) is 0.487. The van der Waals surface area contributed by atoms with E-state index in [0.717, 1.165) is 11.3 Å². The zero-order valence-electron chi connectivity index (χ0n) is 12.1. The zero-order valence-corrected chi connectivity index (χ0v) is 12.1. The summed E-state index contributed by atoms with van der Waals surface area (Å²) in [6.45, 7) is 4.43. The Morgan fingerprint density at radius 2 is 1.95 bits per heavy atom. The van der Waals surface area contributed by atoms with Gasteiger partial charge < -0.3 is 15.0 Å². The molecule has 0 aliphatic rings. The molecule has 0 aliphatic heterocycles. The van der Waals surface area contributed by atoms with E-state index in [1.54, 1.807) is 12.1 Å². The lowest BCUT2D eigenvalue weighted by Crippen LogP contribution is -2.28. The second-order valence-corrected chi connectivity index (χ2v) is 4.63. The van der Waals surface area contributed by atoms with Gasteiger partial charge in [-0.2, -0.15) is 0 Å². The SMILES string of the molecule is CCOc1ccc(C(C)NC(=O)c2cccc(=O)[nH]2)cc1. The van der Waals surface area contributed by atoms with Gasteiger partial charge in [0, 0.05) is 6.07 Å². The number of amides is 1. The molecule has 1 heterocycles. The summed E-state index contributed by atoms with van der Waals surface area (Å²) in [6.07, 6.45) is 0. The molecule has 0 saturated heterocycles. The van der Waals surface area contributed by atoms with Gasteiger partial charge >= 0.3 is 0 Å². The Labute approximate surface area is 123 Å². The Morgan fingerprint density at radius 3 is 2.57 bits per heavy atom. The third-order valence-electron chi connectivity index (χ3n) is 3.05. The van der Waals surface area contributed by atoms with Crippen LogP contribution in [0.3, 0.4) is 0 Å². The minimum Gasteiger partial charge on any atom is -0.494 e. The van der Waals surface area contributed by atoms with E-state index >= 15 is 0 Å². The first-order chi connectivity index (χ1) is 10.1. The first-order valence-corrected chi connectivity index (χ1v) is 6.83. The van der Waals surface area contributed by atoms with Crippen molar-refractivity contribution in [2.45, 2.75) is 19.9 Å². The lowest BCUT2D eigenvalue weighted by molar-refractivity contribution is 0.0934. The second kappa shape index (κ2) is 6.74. The van der Waals surface area contributed by atoms with Crippen LogP contribution < -0.4 is 15.6 Å². The number of aromatic nitrogens is 1. The van der Waals surface area contributed by atoms with Crippen LogP contribution in [0.2, 0.25) is 0 Å². The number of hydrogen-bond acceptors (Lipinski definition) is 3. The average molecular weight is 286 g/mol. The molecule has 110 valence electrons. The summed E-state index contributed by atoms with van der Waals surface area (Å²) in [5.41, 5.74) is 0.918. The van der Waals surface area contributed by atoms with Crippen LogP contribution >= 0.6 is 0 Å². The van der Waals surface area contributed by atoms with E-state index in [0.29, 0.717) is 6.61 Å². The van der Waals surface area contributed by atoms with Crippen molar-refractivity contribution in [3.8, 4) is 5.75 Å². The molecule has 1 aromatic carbocycles. The molecule has 0 fully saturated rings. The van der Waals surface area contributed by atoms with E-state index in [4.69, 9.17) is 4.74 Å². The summed E-state index contributed by atoms with van der Waals surface area (Å²) in [6, 6.07) is 11.9. The number of carbonyl (C=O) groups is 1. The van der Waals surface area contributed by atoms with Gasteiger partial charge in [0.25, 0.3) is 5.91 Å². The largest absolute Gasteiger partial charge is 0.494 e. The minimum absolute atomic E-state index is 0.170. The molecular weight excluding hydrogens is 268 g/mol. The van der Waals surface area contributed by atoms with Crippen molar-refractivity contribution in [2.75, 3.05) is 6.61 Å². The van der Waals surface area contributed by atoms with Gasteiger partial charge in [0.15, 0.2) is 0 Å². The highest BCUT2D eigenvalue weighted by Gasteiger charge is 2.12. The van der Waals surface area contributed by atoms with Crippen LogP contribution in [0.15, 0.2) is 47.3 Å². The summed E-state index contributed by atoms with van der Waals surface area (Å²) in [5, 5.41) is 2.84. The summed E-state index contributed by atoms with van der Waals surface area (Å²) in [4.78, 5) is 25.7. The number of H-pyrrole nitrogens is 1. The topological polar surface area (TPSA) is 71.2 Å². The van der Waals surface area contributed by atoms with Crippen LogP contribution in [-0.2, 0) is 0 Å². The Morgan fingerprint density at radius 1 is 1.24 bits per heavy atom. The maximum Gasteiger partial charge on any atom is 0.268 e. The van der Waals surface area contributed by atoms with Gasteiger partial charge in [0.1, 0.15) is 11.4 Å². The maximum absolute atomic E-state index is 12.0. The Kier molecular flexibility index (Phi) is 4.77. The van der Waals surface area contributed by atoms with Crippen LogP contribution in [0, 0.1) is 0 Å². The van der Waals surface area contributed by atoms with Crippen LogP contribution in [0.25, 0.3) is 0 Å². The number of hydrogen-bond donors (Lipinski definition) is 2. The lowest BCUT2D eigenvalue weighted by atomic mass is 10.1. The van der Waals surface area contributed by atoms with Gasteiger partial charge in [-0.3, -0.25) is 9.59 Å². The van der Waals surface area contributed by atoms with Gasteiger partial charge in [-0.05, 0) is 37.6 Å². The van der Waals surface area contributed by atoms with Crippen molar-refractivity contribution in [3.63, 3.8) is 0 Å². The number of pyridine rings is 1. The van der Waals surface area contributed by atoms with Crippen molar-refractivity contribution in [2.24, 2.45) is 0 Å². The number of ether oxygens (including phenoxy) is 1. The number of carbonyl (C=O) groups excluding carboxylic acids is 1.